The third-order valence-electron chi connectivity index (χ3n) is 5.07. The van der Waals surface area contributed by atoms with Crippen LogP contribution in [0, 0.1) is 11.3 Å². The van der Waals surface area contributed by atoms with E-state index in [4.69, 9.17) is 0 Å². The first kappa shape index (κ1) is 16.6. The Kier molecular flexibility index (Phi) is 4.09. The molecule has 6 heteroatoms. The van der Waals surface area contributed by atoms with E-state index in [2.05, 4.69) is 49.7 Å². The van der Waals surface area contributed by atoms with Crippen molar-refractivity contribution in [1.82, 2.24) is 20.5 Å². The van der Waals surface area contributed by atoms with Crippen molar-refractivity contribution in [1.29, 1.82) is 5.26 Å². The average Bonchev–Trinajstić information content (AvgIpc) is 3.17. The summed E-state index contributed by atoms with van der Waals surface area (Å²) in [4.78, 5) is 6.72. The van der Waals surface area contributed by atoms with Crippen LogP contribution in [0.4, 0.5) is 5.69 Å². The van der Waals surface area contributed by atoms with Gasteiger partial charge in [-0.2, -0.15) is 10.4 Å². The predicted molar refractivity (Wildman–Crippen MR) is 103 cm³/mol. The minimum atomic E-state index is -0.554. The van der Waals surface area contributed by atoms with Gasteiger partial charge in [-0.15, -0.1) is 0 Å². The number of rotatable bonds is 3. The lowest BCUT2D eigenvalue weighted by atomic mass is 9.84. The van der Waals surface area contributed by atoms with Crippen LogP contribution in [0.15, 0.2) is 36.7 Å². The summed E-state index contributed by atoms with van der Waals surface area (Å²) in [5.74, 6) is 0. The smallest absolute Gasteiger partial charge is 0.155 e. The molecule has 4 rings (SSSR count). The van der Waals surface area contributed by atoms with Gasteiger partial charge in [-0.05, 0) is 54.8 Å². The second kappa shape index (κ2) is 6.43. The molecular formula is C20H22N6. The molecule has 26 heavy (non-hydrogen) atoms. The normalized spacial score (nSPS) is 15.2. The zero-order chi connectivity index (χ0) is 18.1. The maximum absolute atomic E-state index is 9.65. The number of nitrogens with zero attached hydrogens (tertiary/aromatic N) is 4. The Bertz CT molecular complexity index is 975. The molecule has 3 heterocycles. The van der Waals surface area contributed by atoms with Crippen molar-refractivity contribution in [3.05, 3.63) is 42.2 Å². The molecule has 0 radical (unpaired) electrons. The van der Waals surface area contributed by atoms with Crippen LogP contribution in [-0.4, -0.2) is 41.4 Å². The maximum Gasteiger partial charge on any atom is 0.155 e. The van der Waals surface area contributed by atoms with E-state index in [0.29, 0.717) is 0 Å². The van der Waals surface area contributed by atoms with Crippen LogP contribution >= 0.6 is 0 Å². The standard InChI is InChI=1S/C20H22N6/c1-20(2,13-21)15-9-14(10-16(11-15)26-7-5-22-6-8-26)17-3-4-23-19-18(17)12-24-25-19/h3-4,9-12,22H,5-8H2,1-2H3,(H,23,24,25). The number of piperazine rings is 1. The Morgan fingerprint density at radius 2 is 2.00 bits per heavy atom. The van der Waals surface area contributed by atoms with Crippen LogP contribution < -0.4 is 10.2 Å². The molecule has 0 spiro atoms. The molecule has 2 N–H and O–H groups in total. The highest BCUT2D eigenvalue weighted by Gasteiger charge is 2.23. The molecule has 0 atom stereocenters. The predicted octanol–water partition coefficient (Wildman–Crippen LogP) is 2.84. The first-order valence-corrected chi connectivity index (χ1v) is 8.89. The summed E-state index contributed by atoms with van der Waals surface area (Å²) in [6.07, 6.45) is 3.60. The third-order valence-corrected chi connectivity index (χ3v) is 5.07. The third kappa shape index (κ3) is 2.91. The Hall–Kier alpha value is -2.91. The molecule has 6 nitrogen and oxygen atoms in total. The Morgan fingerprint density at radius 1 is 1.19 bits per heavy atom. The van der Waals surface area contributed by atoms with E-state index < -0.39 is 5.41 Å². The van der Waals surface area contributed by atoms with Gasteiger partial charge in [0.25, 0.3) is 0 Å². The number of fused-ring (bicyclic) bond motifs is 1. The molecule has 132 valence electrons. The topological polar surface area (TPSA) is 80.6 Å². The molecule has 0 unspecified atom stereocenters. The molecular weight excluding hydrogens is 324 g/mol. The number of hydrogen-bond acceptors (Lipinski definition) is 5. The Morgan fingerprint density at radius 3 is 2.77 bits per heavy atom. The number of anilines is 1. The van der Waals surface area contributed by atoms with Crippen molar-refractivity contribution in [2.24, 2.45) is 0 Å². The quantitative estimate of drug-likeness (QED) is 0.762. The number of H-pyrrole nitrogens is 1. The highest BCUT2D eigenvalue weighted by molar-refractivity contribution is 5.93. The first-order valence-electron chi connectivity index (χ1n) is 8.89. The van der Waals surface area contributed by atoms with Crippen LogP contribution in [-0.2, 0) is 5.41 Å². The minimum absolute atomic E-state index is 0.554. The van der Waals surface area contributed by atoms with Crippen molar-refractivity contribution in [2.75, 3.05) is 31.1 Å². The fourth-order valence-electron chi connectivity index (χ4n) is 3.40. The van der Waals surface area contributed by atoms with Crippen LogP contribution in [0.2, 0.25) is 0 Å². The number of aromatic amines is 1. The Balaban J connectivity index is 1.89. The molecule has 0 saturated carbocycles. The number of aromatic nitrogens is 3. The molecule has 1 aromatic carbocycles. The van der Waals surface area contributed by atoms with Gasteiger partial charge >= 0.3 is 0 Å². The Labute approximate surface area is 152 Å². The summed E-state index contributed by atoms with van der Waals surface area (Å²) >= 11 is 0. The summed E-state index contributed by atoms with van der Waals surface area (Å²) in [6.45, 7) is 7.81. The second-order valence-corrected chi connectivity index (χ2v) is 7.23. The fourth-order valence-corrected chi connectivity index (χ4v) is 3.40. The molecule has 3 aromatic rings. The van der Waals surface area contributed by atoms with Crippen LogP contribution in [0.3, 0.4) is 0 Å². The number of pyridine rings is 1. The van der Waals surface area contributed by atoms with Crippen molar-refractivity contribution in [3.8, 4) is 17.2 Å². The van der Waals surface area contributed by atoms with Gasteiger partial charge in [0, 0.05) is 43.4 Å². The molecule has 0 aliphatic carbocycles. The highest BCUT2D eigenvalue weighted by Crippen LogP contribution is 2.35. The first-order chi connectivity index (χ1) is 12.6. The summed E-state index contributed by atoms with van der Waals surface area (Å²) in [5, 5.41) is 21.1. The van der Waals surface area contributed by atoms with Crippen LogP contribution in [0.1, 0.15) is 19.4 Å². The van der Waals surface area contributed by atoms with Crippen molar-refractivity contribution in [2.45, 2.75) is 19.3 Å². The van der Waals surface area contributed by atoms with Crippen LogP contribution in [0.5, 0.6) is 0 Å². The van der Waals surface area contributed by atoms with Gasteiger partial charge < -0.3 is 10.2 Å². The van der Waals surface area contributed by atoms with E-state index in [1.165, 1.54) is 0 Å². The van der Waals surface area contributed by atoms with E-state index in [1.54, 1.807) is 6.20 Å². The summed E-state index contributed by atoms with van der Waals surface area (Å²) in [7, 11) is 0. The van der Waals surface area contributed by atoms with Crippen molar-refractivity contribution in [3.63, 3.8) is 0 Å². The maximum atomic E-state index is 9.65. The van der Waals surface area contributed by atoms with Crippen molar-refractivity contribution >= 4 is 16.7 Å². The lowest BCUT2D eigenvalue weighted by Gasteiger charge is -2.31. The summed E-state index contributed by atoms with van der Waals surface area (Å²) < 4.78 is 0. The van der Waals surface area contributed by atoms with E-state index in [1.807, 2.05) is 26.1 Å². The lowest BCUT2D eigenvalue weighted by molar-refractivity contribution is 0.588. The van der Waals surface area contributed by atoms with Gasteiger partial charge in [-0.1, -0.05) is 0 Å². The summed E-state index contributed by atoms with van der Waals surface area (Å²) in [6, 6.07) is 10.9. The fraction of sp³-hybridized carbons (Fsp3) is 0.350. The van der Waals surface area contributed by atoms with E-state index >= 15 is 0 Å². The number of nitriles is 1. The molecule has 1 aliphatic rings. The van der Waals surface area contributed by atoms with Gasteiger partial charge in [0.2, 0.25) is 0 Å². The molecule has 0 bridgehead atoms. The van der Waals surface area contributed by atoms with Gasteiger partial charge in [0.15, 0.2) is 5.65 Å². The number of nitrogens with one attached hydrogen (secondary N) is 2. The molecule has 0 amide bonds. The number of benzene rings is 1. The second-order valence-electron chi connectivity index (χ2n) is 7.23. The molecule has 1 fully saturated rings. The zero-order valence-electron chi connectivity index (χ0n) is 15.1. The largest absolute Gasteiger partial charge is 0.369 e. The van der Waals surface area contributed by atoms with Gasteiger partial charge in [0.05, 0.1) is 17.7 Å². The molecule has 2 aromatic heterocycles. The van der Waals surface area contributed by atoms with Gasteiger partial charge in [0.1, 0.15) is 0 Å². The van der Waals surface area contributed by atoms with Crippen molar-refractivity contribution < 1.29 is 0 Å². The SMILES string of the molecule is CC(C)(C#N)c1cc(-c2ccnc3[nH]ncc23)cc(N2CCNCC2)c1. The van der Waals surface area contributed by atoms with Gasteiger partial charge in [-0.3, -0.25) is 5.10 Å². The van der Waals surface area contributed by atoms with Gasteiger partial charge in [-0.25, -0.2) is 4.98 Å². The minimum Gasteiger partial charge on any atom is -0.369 e. The van der Waals surface area contributed by atoms with Crippen LogP contribution in [0.25, 0.3) is 22.2 Å². The monoisotopic (exact) mass is 346 g/mol. The van der Waals surface area contributed by atoms with E-state index in [9.17, 15) is 5.26 Å². The van der Waals surface area contributed by atoms with E-state index in [0.717, 1.165) is 59.6 Å². The molecule has 1 aliphatic heterocycles. The zero-order valence-corrected chi connectivity index (χ0v) is 15.1. The average molecular weight is 346 g/mol. The summed E-state index contributed by atoms with van der Waals surface area (Å²) in [5.41, 5.74) is 4.58. The lowest BCUT2D eigenvalue weighted by Crippen LogP contribution is -2.43. The number of hydrogen-bond donors (Lipinski definition) is 2. The van der Waals surface area contributed by atoms with E-state index in [-0.39, 0.29) is 0 Å². The molecule has 1 saturated heterocycles. The highest BCUT2D eigenvalue weighted by atomic mass is 15.2.